The van der Waals surface area contributed by atoms with Gasteiger partial charge in [-0.3, -0.25) is 14.5 Å². The molecule has 46 heavy (non-hydrogen) atoms. The van der Waals surface area contributed by atoms with Crippen molar-refractivity contribution in [3.05, 3.63) is 123 Å². The van der Waals surface area contributed by atoms with E-state index >= 15 is 0 Å². The first-order chi connectivity index (χ1) is 22.3. The number of rotatable bonds is 13. The lowest BCUT2D eigenvalue weighted by Gasteiger charge is -2.18. The fraction of sp³-hybridized carbons (Fsp3) is 0.270. The Morgan fingerprint density at radius 2 is 1.67 bits per heavy atom. The third kappa shape index (κ3) is 7.61. The maximum atomic E-state index is 14.9. The molecule has 2 aromatic heterocycles. The van der Waals surface area contributed by atoms with E-state index in [4.69, 9.17) is 4.74 Å². The van der Waals surface area contributed by atoms with Crippen molar-refractivity contribution in [1.29, 1.82) is 0 Å². The second-order valence-corrected chi connectivity index (χ2v) is 12.3. The topological polar surface area (TPSA) is 80.6 Å². The second kappa shape index (κ2) is 15.1. The Morgan fingerprint density at radius 1 is 0.957 bits per heavy atom. The van der Waals surface area contributed by atoms with Crippen LogP contribution in [0.2, 0.25) is 0 Å². The molecule has 9 heteroatoms. The van der Waals surface area contributed by atoms with E-state index in [1.165, 1.54) is 23.6 Å². The Hall–Kier alpha value is -4.60. The quantitative estimate of drug-likeness (QED) is 0.133. The summed E-state index contributed by atoms with van der Waals surface area (Å²) in [4.78, 5) is 43.2. The molecular weight excluding hydrogens is 601 g/mol. The summed E-state index contributed by atoms with van der Waals surface area (Å²) in [7, 11) is 1.99. The highest BCUT2D eigenvalue weighted by Crippen LogP contribution is 2.39. The van der Waals surface area contributed by atoms with E-state index < -0.39 is 11.4 Å². The molecule has 0 aliphatic heterocycles. The lowest BCUT2D eigenvalue weighted by Crippen LogP contribution is -2.23. The van der Waals surface area contributed by atoms with Gasteiger partial charge in [0.05, 0.1) is 18.5 Å². The molecule has 0 atom stereocenters. The Bertz CT molecular complexity index is 1880. The van der Waals surface area contributed by atoms with E-state index in [1.807, 2.05) is 56.4 Å². The Labute approximate surface area is 272 Å². The molecular formula is C37H38FN3O4S. The average Bonchev–Trinajstić information content (AvgIpc) is 3.42. The molecule has 2 heterocycles. The van der Waals surface area contributed by atoms with Crippen LogP contribution in [0.5, 0.6) is 0 Å². The summed E-state index contributed by atoms with van der Waals surface area (Å²) < 4.78 is 21.9. The first kappa shape index (κ1) is 32.8. The molecule has 0 aliphatic carbocycles. The first-order valence-corrected chi connectivity index (χ1v) is 16.3. The van der Waals surface area contributed by atoms with Gasteiger partial charge in [0, 0.05) is 41.8 Å². The van der Waals surface area contributed by atoms with Crippen LogP contribution in [-0.4, -0.2) is 35.0 Å². The van der Waals surface area contributed by atoms with Gasteiger partial charge in [-0.2, -0.15) is 0 Å². The van der Waals surface area contributed by atoms with Gasteiger partial charge in [0.15, 0.2) is 0 Å². The number of thiophene rings is 1. The number of anilines is 1. The van der Waals surface area contributed by atoms with E-state index in [-0.39, 0.29) is 30.4 Å². The number of fused-ring (bicyclic) bond motifs is 1. The number of amides is 1. The SMILES string of the molecule is CCCCC(=O)Nc1ccc(-c2sc3c(c2CN(C)Cc2ccccc2)c(=O)c(C(=O)OCC)cn3Cc2ccccc2F)cc1. The standard InChI is InChI=1S/C37H38FN3O4S/c1-4-6-16-32(42)39-28-19-17-26(18-20-28)35-29(23-40(3)21-25-12-8-7-9-13-25)33-34(43)30(37(44)45-5-2)24-41(36(33)46-35)22-27-14-10-11-15-31(27)38/h7-15,17-20,24H,4-6,16,21-23H2,1-3H3,(H,39,42). The van der Waals surface area contributed by atoms with Crippen molar-refractivity contribution in [2.45, 2.75) is 52.7 Å². The third-order valence-corrected chi connectivity index (χ3v) is 9.03. The van der Waals surface area contributed by atoms with Gasteiger partial charge in [-0.05, 0) is 55.3 Å². The van der Waals surface area contributed by atoms with Gasteiger partial charge in [-0.1, -0.05) is 74.0 Å². The van der Waals surface area contributed by atoms with Crippen LogP contribution in [0.15, 0.2) is 89.9 Å². The van der Waals surface area contributed by atoms with Crippen LogP contribution in [0.1, 0.15) is 60.2 Å². The summed E-state index contributed by atoms with van der Waals surface area (Å²) in [6.45, 7) is 5.04. The molecule has 238 valence electrons. The van der Waals surface area contributed by atoms with Gasteiger partial charge in [-0.25, -0.2) is 9.18 Å². The summed E-state index contributed by atoms with van der Waals surface area (Å²) in [5.74, 6) is -1.12. The van der Waals surface area contributed by atoms with Crippen LogP contribution in [0.4, 0.5) is 10.1 Å². The number of carbonyl (C=O) groups is 2. The molecule has 3 aromatic carbocycles. The van der Waals surface area contributed by atoms with Crippen molar-refractivity contribution in [1.82, 2.24) is 9.47 Å². The highest BCUT2D eigenvalue weighted by molar-refractivity contribution is 7.22. The third-order valence-electron chi connectivity index (χ3n) is 7.71. The van der Waals surface area contributed by atoms with Crippen LogP contribution in [-0.2, 0) is 29.2 Å². The average molecular weight is 640 g/mol. The van der Waals surface area contributed by atoms with Gasteiger partial charge < -0.3 is 14.6 Å². The highest BCUT2D eigenvalue weighted by atomic mass is 32.1. The predicted octanol–water partition coefficient (Wildman–Crippen LogP) is 7.85. The van der Waals surface area contributed by atoms with Crippen LogP contribution in [0.25, 0.3) is 20.7 Å². The molecule has 0 saturated carbocycles. The van der Waals surface area contributed by atoms with E-state index in [0.29, 0.717) is 41.0 Å². The smallest absolute Gasteiger partial charge is 0.343 e. The molecule has 0 aliphatic rings. The van der Waals surface area contributed by atoms with E-state index in [9.17, 15) is 18.8 Å². The van der Waals surface area contributed by atoms with Crippen LogP contribution in [0.3, 0.4) is 0 Å². The number of pyridine rings is 1. The maximum Gasteiger partial charge on any atom is 0.343 e. The van der Waals surface area contributed by atoms with Crippen molar-refractivity contribution in [3.8, 4) is 10.4 Å². The maximum absolute atomic E-state index is 14.9. The normalized spacial score (nSPS) is 11.2. The predicted molar refractivity (Wildman–Crippen MR) is 183 cm³/mol. The number of ether oxygens (including phenoxy) is 1. The van der Waals surface area contributed by atoms with Gasteiger partial charge in [0.25, 0.3) is 0 Å². The summed E-state index contributed by atoms with van der Waals surface area (Å²) in [6.07, 6.45) is 3.71. The number of unbranched alkanes of at least 4 members (excludes halogenated alkanes) is 1. The van der Waals surface area contributed by atoms with E-state index in [2.05, 4.69) is 22.3 Å². The molecule has 7 nitrogen and oxygen atoms in total. The van der Waals surface area contributed by atoms with Gasteiger partial charge in [-0.15, -0.1) is 11.3 Å². The monoisotopic (exact) mass is 639 g/mol. The minimum absolute atomic E-state index is 0.0311. The number of nitrogens with zero attached hydrogens (tertiary/aromatic N) is 2. The Balaban J connectivity index is 1.66. The van der Waals surface area contributed by atoms with E-state index in [1.54, 1.807) is 29.7 Å². The van der Waals surface area contributed by atoms with Crippen molar-refractivity contribution < 1.29 is 18.7 Å². The van der Waals surface area contributed by atoms with Crippen LogP contribution in [0, 0.1) is 5.82 Å². The summed E-state index contributed by atoms with van der Waals surface area (Å²) in [5.41, 5.74) is 3.39. The fourth-order valence-electron chi connectivity index (χ4n) is 5.45. The zero-order chi connectivity index (χ0) is 32.6. The molecule has 5 rings (SSSR count). The lowest BCUT2D eigenvalue weighted by atomic mass is 10.0. The fourth-order valence-corrected chi connectivity index (χ4v) is 6.74. The number of hydrogen-bond acceptors (Lipinski definition) is 6. The molecule has 0 bridgehead atoms. The molecule has 0 spiro atoms. The Kier molecular flexibility index (Phi) is 10.8. The molecule has 0 radical (unpaired) electrons. The van der Waals surface area contributed by atoms with Crippen molar-refractivity contribution in [2.24, 2.45) is 0 Å². The van der Waals surface area contributed by atoms with Crippen molar-refractivity contribution >= 4 is 39.1 Å². The largest absolute Gasteiger partial charge is 0.462 e. The molecule has 0 unspecified atom stereocenters. The molecule has 0 fully saturated rings. The van der Waals surface area contributed by atoms with Crippen molar-refractivity contribution in [3.63, 3.8) is 0 Å². The van der Waals surface area contributed by atoms with Crippen LogP contribution >= 0.6 is 11.3 Å². The number of esters is 1. The second-order valence-electron chi connectivity index (χ2n) is 11.3. The number of hydrogen-bond donors (Lipinski definition) is 1. The van der Waals surface area contributed by atoms with E-state index in [0.717, 1.165) is 34.4 Å². The number of carbonyl (C=O) groups excluding carboxylic acids is 2. The first-order valence-electron chi connectivity index (χ1n) is 15.5. The molecule has 1 N–H and O–H groups in total. The number of halogens is 1. The summed E-state index contributed by atoms with van der Waals surface area (Å²) >= 11 is 1.43. The molecule has 5 aromatic rings. The van der Waals surface area contributed by atoms with Gasteiger partial charge >= 0.3 is 5.97 Å². The summed E-state index contributed by atoms with van der Waals surface area (Å²) in [6, 6.07) is 24.1. The van der Waals surface area contributed by atoms with Gasteiger partial charge in [0.1, 0.15) is 16.2 Å². The highest BCUT2D eigenvalue weighted by Gasteiger charge is 2.25. The number of aromatic nitrogens is 1. The zero-order valence-electron chi connectivity index (χ0n) is 26.3. The minimum Gasteiger partial charge on any atom is -0.462 e. The minimum atomic E-state index is -0.712. The Morgan fingerprint density at radius 3 is 2.37 bits per heavy atom. The molecule has 1 amide bonds. The molecule has 0 saturated heterocycles. The number of benzene rings is 3. The van der Waals surface area contributed by atoms with Crippen LogP contribution < -0.4 is 10.7 Å². The summed E-state index contributed by atoms with van der Waals surface area (Å²) in [5, 5.41) is 3.37. The lowest BCUT2D eigenvalue weighted by molar-refractivity contribution is -0.116. The van der Waals surface area contributed by atoms with Gasteiger partial charge in [0.2, 0.25) is 11.3 Å². The number of nitrogens with one attached hydrogen (secondary N) is 1. The van der Waals surface area contributed by atoms with Crippen molar-refractivity contribution in [2.75, 3.05) is 19.0 Å². The zero-order valence-corrected chi connectivity index (χ0v) is 27.2.